The second-order valence-corrected chi connectivity index (χ2v) is 4.40. The number of pyridine rings is 1. The van der Waals surface area contributed by atoms with E-state index in [1.54, 1.807) is 0 Å². The first-order chi connectivity index (χ1) is 8.22. The maximum absolute atomic E-state index is 5.57. The number of aromatic nitrogens is 1. The molecular weight excluding hydrogens is 214 g/mol. The standard InChI is InChI=1S/C13H23N3O/c1-14-9-12-5-6-13(15-10-12)11-17-8-4-7-16(2)3/h5-6,10,14H,4,7-9,11H2,1-3H3. The Balaban J connectivity index is 2.18. The minimum Gasteiger partial charge on any atom is -0.375 e. The zero-order chi connectivity index (χ0) is 12.5. The molecule has 0 aliphatic heterocycles. The first-order valence-electron chi connectivity index (χ1n) is 6.03. The molecule has 1 aromatic heterocycles. The van der Waals surface area contributed by atoms with Gasteiger partial charge in [-0.05, 0) is 45.7 Å². The molecule has 4 heteroatoms. The van der Waals surface area contributed by atoms with Crippen molar-refractivity contribution in [2.45, 2.75) is 19.6 Å². The lowest BCUT2D eigenvalue weighted by molar-refractivity contribution is 0.110. The summed E-state index contributed by atoms with van der Waals surface area (Å²) in [6.45, 7) is 3.32. The molecule has 17 heavy (non-hydrogen) atoms. The highest BCUT2D eigenvalue weighted by Crippen LogP contribution is 2.02. The highest BCUT2D eigenvalue weighted by atomic mass is 16.5. The third-order valence-electron chi connectivity index (χ3n) is 2.41. The van der Waals surface area contributed by atoms with E-state index in [4.69, 9.17) is 4.74 Å². The molecule has 0 saturated carbocycles. The summed E-state index contributed by atoms with van der Waals surface area (Å²) in [6.07, 6.45) is 2.96. The van der Waals surface area contributed by atoms with Gasteiger partial charge in [-0.2, -0.15) is 0 Å². The van der Waals surface area contributed by atoms with E-state index in [9.17, 15) is 0 Å². The van der Waals surface area contributed by atoms with Crippen LogP contribution in [0.15, 0.2) is 18.3 Å². The van der Waals surface area contributed by atoms with Crippen LogP contribution in [0.5, 0.6) is 0 Å². The molecule has 0 bridgehead atoms. The second kappa shape index (κ2) is 8.17. The Morgan fingerprint density at radius 3 is 2.76 bits per heavy atom. The van der Waals surface area contributed by atoms with E-state index in [1.807, 2.05) is 19.3 Å². The zero-order valence-corrected chi connectivity index (χ0v) is 11.1. The van der Waals surface area contributed by atoms with Gasteiger partial charge in [0.1, 0.15) is 0 Å². The maximum atomic E-state index is 5.57. The summed E-state index contributed by atoms with van der Waals surface area (Å²) in [5, 5.41) is 3.10. The molecule has 0 fully saturated rings. The minimum atomic E-state index is 0.604. The van der Waals surface area contributed by atoms with Crippen LogP contribution in [0.2, 0.25) is 0 Å². The van der Waals surface area contributed by atoms with Crippen molar-refractivity contribution >= 4 is 0 Å². The van der Waals surface area contributed by atoms with Crippen molar-refractivity contribution in [1.82, 2.24) is 15.2 Å². The Labute approximate surface area is 104 Å². The maximum Gasteiger partial charge on any atom is 0.0887 e. The van der Waals surface area contributed by atoms with Gasteiger partial charge in [0.25, 0.3) is 0 Å². The van der Waals surface area contributed by atoms with Crippen LogP contribution in [0.3, 0.4) is 0 Å². The quantitative estimate of drug-likeness (QED) is 0.691. The van der Waals surface area contributed by atoms with E-state index in [-0.39, 0.29) is 0 Å². The van der Waals surface area contributed by atoms with Crippen molar-refractivity contribution in [2.24, 2.45) is 0 Å². The fraction of sp³-hybridized carbons (Fsp3) is 0.615. The lowest BCUT2D eigenvalue weighted by Crippen LogP contribution is -2.14. The molecule has 4 nitrogen and oxygen atoms in total. The average molecular weight is 237 g/mol. The Kier molecular flexibility index (Phi) is 6.77. The van der Waals surface area contributed by atoms with Gasteiger partial charge in [0.2, 0.25) is 0 Å². The largest absolute Gasteiger partial charge is 0.375 e. The highest BCUT2D eigenvalue weighted by molar-refractivity contribution is 5.13. The highest BCUT2D eigenvalue weighted by Gasteiger charge is 1.97. The van der Waals surface area contributed by atoms with Gasteiger partial charge in [-0.3, -0.25) is 4.98 Å². The van der Waals surface area contributed by atoms with Crippen LogP contribution >= 0.6 is 0 Å². The predicted octanol–water partition coefficient (Wildman–Crippen LogP) is 1.27. The number of hydrogen-bond acceptors (Lipinski definition) is 4. The smallest absolute Gasteiger partial charge is 0.0887 e. The van der Waals surface area contributed by atoms with Gasteiger partial charge < -0.3 is 15.0 Å². The van der Waals surface area contributed by atoms with Gasteiger partial charge in [0, 0.05) is 19.3 Å². The fourth-order valence-electron chi connectivity index (χ4n) is 1.51. The summed E-state index contributed by atoms with van der Waals surface area (Å²) in [7, 11) is 6.08. The summed E-state index contributed by atoms with van der Waals surface area (Å²) in [5.74, 6) is 0. The van der Waals surface area contributed by atoms with Crippen molar-refractivity contribution in [3.05, 3.63) is 29.6 Å². The summed E-state index contributed by atoms with van der Waals surface area (Å²) in [6, 6.07) is 4.11. The fourth-order valence-corrected chi connectivity index (χ4v) is 1.51. The first-order valence-corrected chi connectivity index (χ1v) is 6.03. The minimum absolute atomic E-state index is 0.604. The topological polar surface area (TPSA) is 37.4 Å². The van der Waals surface area contributed by atoms with Crippen LogP contribution < -0.4 is 5.32 Å². The second-order valence-electron chi connectivity index (χ2n) is 4.40. The molecule has 1 N–H and O–H groups in total. The number of rotatable bonds is 8. The number of ether oxygens (including phenoxy) is 1. The number of nitrogens with one attached hydrogen (secondary N) is 1. The van der Waals surface area contributed by atoms with Crippen LogP contribution in [0.25, 0.3) is 0 Å². The third-order valence-corrected chi connectivity index (χ3v) is 2.41. The molecule has 0 amide bonds. The number of hydrogen-bond donors (Lipinski definition) is 1. The van der Waals surface area contributed by atoms with Crippen molar-refractivity contribution in [3.63, 3.8) is 0 Å². The van der Waals surface area contributed by atoms with Crippen molar-refractivity contribution < 1.29 is 4.74 Å². The van der Waals surface area contributed by atoms with Crippen LogP contribution in [0, 0.1) is 0 Å². The molecule has 96 valence electrons. The van der Waals surface area contributed by atoms with E-state index in [0.717, 1.165) is 31.8 Å². The van der Waals surface area contributed by atoms with Crippen molar-refractivity contribution in [3.8, 4) is 0 Å². The van der Waals surface area contributed by atoms with E-state index in [0.29, 0.717) is 6.61 Å². The van der Waals surface area contributed by atoms with E-state index >= 15 is 0 Å². The summed E-state index contributed by atoms with van der Waals surface area (Å²) >= 11 is 0. The molecule has 0 saturated heterocycles. The summed E-state index contributed by atoms with van der Waals surface area (Å²) in [5.41, 5.74) is 2.19. The molecule has 1 rings (SSSR count). The molecule has 1 heterocycles. The van der Waals surface area contributed by atoms with Gasteiger partial charge in [-0.15, -0.1) is 0 Å². The SMILES string of the molecule is CNCc1ccc(COCCCN(C)C)nc1. The molecule has 0 aliphatic carbocycles. The average Bonchev–Trinajstić information content (AvgIpc) is 2.31. The monoisotopic (exact) mass is 237 g/mol. The Bertz CT molecular complexity index is 298. The lowest BCUT2D eigenvalue weighted by atomic mass is 10.2. The molecule has 1 aromatic rings. The molecule has 0 unspecified atom stereocenters. The molecular formula is C13H23N3O. The number of nitrogens with zero attached hydrogens (tertiary/aromatic N) is 2. The normalized spacial score (nSPS) is 11.1. The molecule has 0 aromatic carbocycles. The van der Waals surface area contributed by atoms with Crippen LogP contribution in [0.4, 0.5) is 0 Å². The zero-order valence-electron chi connectivity index (χ0n) is 11.1. The Hall–Kier alpha value is -0.970. The van der Waals surface area contributed by atoms with E-state index in [1.165, 1.54) is 5.56 Å². The van der Waals surface area contributed by atoms with E-state index < -0.39 is 0 Å². The van der Waals surface area contributed by atoms with E-state index in [2.05, 4.69) is 35.4 Å². The van der Waals surface area contributed by atoms with Crippen LogP contribution in [0.1, 0.15) is 17.7 Å². The first kappa shape index (κ1) is 14.1. The van der Waals surface area contributed by atoms with Gasteiger partial charge in [0.05, 0.1) is 12.3 Å². The molecule has 0 atom stereocenters. The van der Waals surface area contributed by atoms with Crippen LogP contribution in [-0.2, 0) is 17.9 Å². The van der Waals surface area contributed by atoms with Crippen molar-refractivity contribution in [1.29, 1.82) is 0 Å². The van der Waals surface area contributed by atoms with Gasteiger partial charge in [-0.25, -0.2) is 0 Å². The molecule has 0 spiro atoms. The third kappa shape index (κ3) is 6.36. The predicted molar refractivity (Wildman–Crippen MR) is 69.8 cm³/mol. The van der Waals surface area contributed by atoms with Crippen LogP contribution in [-0.4, -0.2) is 44.2 Å². The van der Waals surface area contributed by atoms with Crippen molar-refractivity contribution in [2.75, 3.05) is 34.3 Å². The molecule has 0 aliphatic rings. The Morgan fingerprint density at radius 2 is 2.18 bits per heavy atom. The summed E-state index contributed by atoms with van der Waals surface area (Å²) in [4.78, 5) is 6.52. The van der Waals surface area contributed by atoms with Gasteiger partial charge >= 0.3 is 0 Å². The summed E-state index contributed by atoms with van der Waals surface area (Å²) < 4.78 is 5.57. The van der Waals surface area contributed by atoms with Gasteiger partial charge in [-0.1, -0.05) is 6.07 Å². The Morgan fingerprint density at radius 1 is 1.35 bits per heavy atom. The molecule has 0 radical (unpaired) electrons. The van der Waals surface area contributed by atoms with Gasteiger partial charge in [0.15, 0.2) is 0 Å². The lowest BCUT2D eigenvalue weighted by Gasteiger charge is -2.09.